The Morgan fingerprint density at radius 2 is 1.61 bits per heavy atom. The Morgan fingerprint density at radius 3 is 2.22 bits per heavy atom. The van der Waals surface area contributed by atoms with E-state index in [4.69, 9.17) is 9.97 Å². The fourth-order valence-corrected chi connectivity index (χ4v) is 4.88. The minimum atomic E-state index is -0.743. The number of rotatable bonds is 9. The van der Waals surface area contributed by atoms with E-state index in [-0.39, 0.29) is 17.9 Å². The van der Waals surface area contributed by atoms with E-state index in [2.05, 4.69) is 29.7 Å². The lowest BCUT2D eigenvalue weighted by Crippen LogP contribution is -2.36. The number of hydrogen-bond acceptors (Lipinski definition) is 5. The third kappa shape index (κ3) is 5.23. The molecule has 4 aromatic rings. The zero-order valence-corrected chi connectivity index (χ0v) is 20.3. The van der Waals surface area contributed by atoms with Crippen LogP contribution in [0.1, 0.15) is 49.8 Å². The maximum absolute atomic E-state index is 11.4. The summed E-state index contributed by atoms with van der Waals surface area (Å²) in [6.07, 6.45) is 3.09. The van der Waals surface area contributed by atoms with Gasteiger partial charge >= 0.3 is 5.97 Å². The van der Waals surface area contributed by atoms with Crippen LogP contribution in [0.4, 0.5) is 17.5 Å². The van der Waals surface area contributed by atoms with Gasteiger partial charge in [0, 0.05) is 28.8 Å². The SMILES string of the molecule is C[C@H](Nc1cc(-c2ccccc2)nc(Nc2ccc(C3(CC(=O)O)CCC3)cc2)n1)c1ccccc1. The number of aromatic nitrogens is 2. The Labute approximate surface area is 211 Å². The molecule has 1 aliphatic carbocycles. The molecule has 0 radical (unpaired) electrons. The van der Waals surface area contributed by atoms with Gasteiger partial charge in [0.1, 0.15) is 5.82 Å². The highest BCUT2D eigenvalue weighted by atomic mass is 16.4. The van der Waals surface area contributed by atoms with Crippen LogP contribution in [0.5, 0.6) is 0 Å². The monoisotopic (exact) mass is 478 g/mol. The second kappa shape index (κ2) is 10.2. The van der Waals surface area contributed by atoms with Gasteiger partial charge in [-0.2, -0.15) is 4.98 Å². The van der Waals surface area contributed by atoms with E-state index in [1.54, 1.807) is 0 Å². The van der Waals surface area contributed by atoms with Crippen LogP contribution in [0.25, 0.3) is 11.3 Å². The van der Waals surface area contributed by atoms with E-state index in [0.29, 0.717) is 5.95 Å². The first kappa shape index (κ1) is 23.5. The van der Waals surface area contributed by atoms with Gasteiger partial charge in [-0.05, 0) is 43.0 Å². The van der Waals surface area contributed by atoms with Crippen molar-refractivity contribution in [3.63, 3.8) is 0 Å². The zero-order chi connectivity index (χ0) is 25.0. The fourth-order valence-electron chi connectivity index (χ4n) is 4.88. The quantitative estimate of drug-likeness (QED) is 0.241. The molecule has 0 bridgehead atoms. The van der Waals surface area contributed by atoms with Crippen LogP contribution in [-0.2, 0) is 10.2 Å². The lowest BCUT2D eigenvalue weighted by atomic mass is 9.62. The Kier molecular flexibility index (Phi) is 6.67. The number of carbonyl (C=O) groups is 1. The van der Waals surface area contributed by atoms with E-state index in [1.807, 2.05) is 78.9 Å². The molecule has 1 saturated carbocycles. The minimum absolute atomic E-state index is 0.0739. The summed E-state index contributed by atoms with van der Waals surface area (Å²) in [5.41, 5.74) is 4.71. The van der Waals surface area contributed by atoms with Gasteiger partial charge in [-0.25, -0.2) is 4.98 Å². The van der Waals surface area contributed by atoms with Crippen molar-refractivity contribution in [2.24, 2.45) is 0 Å². The predicted octanol–water partition coefficient (Wildman–Crippen LogP) is 6.96. The number of benzene rings is 3. The average molecular weight is 479 g/mol. The number of carboxylic acids is 1. The molecule has 5 rings (SSSR count). The Morgan fingerprint density at radius 1 is 0.944 bits per heavy atom. The van der Waals surface area contributed by atoms with Crippen molar-refractivity contribution in [3.05, 3.63) is 102 Å². The van der Waals surface area contributed by atoms with E-state index < -0.39 is 5.97 Å². The van der Waals surface area contributed by atoms with Gasteiger partial charge < -0.3 is 15.7 Å². The standard InChI is InChI=1S/C30H30N4O2/c1-21(22-9-4-2-5-10-22)31-27-19-26(23-11-6-3-7-12-23)33-29(34-27)32-25-15-13-24(14-16-25)30(17-8-18-30)20-28(35)36/h2-7,9-16,19,21H,8,17-18,20H2,1H3,(H,35,36)(H2,31,32,33,34)/t21-/m0/s1. The van der Waals surface area contributed by atoms with Gasteiger partial charge in [0.25, 0.3) is 0 Å². The van der Waals surface area contributed by atoms with Crippen LogP contribution >= 0.6 is 0 Å². The molecule has 0 unspecified atom stereocenters. The highest BCUT2D eigenvalue weighted by Gasteiger charge is 2.40. The smallest absolute Gasteiger partial charge is 0.304 e. The molecule has 0 spiro atoms. The highest BCUT2D eigenvalue weighted by molar-refractivity contribution is 5.70. The summed E-state index contributed by atoms with van der Waals surface area (Å²) < 4.78 is 0. The van der Waals surface area contributed by atoms with Crippen molar-refractivity contribution in [2.45, 2.75) is 44.1 Å². The van der Waals surface area contributed by atoms with E-state index in [1.165, 1.54) is 5.56 Å². The Hall–Kier alpha value is -4.19. The second-order valence-electron chi connectivity index (χ2n) is 9.51. The van der Waals surface area contributed by atoms with Gasteiger partial charge in [0.15, 0.2) is 0 Å². The number of anilines is 3. The van der Waals surface area contributed by atoms with Crippen LogP contribution in [0, 0.1) is 0 Å². The van der Waals surface area contributed by atoms with Crippen LogP contribution in [-0.4, -0.2) is 21.0 Å². The lowest BCUT2D eigenvalue weighted by molar-refractivity contribution is -0.139. The summed E-state index contributed by atoms with van der Waals surface area (Å²) in [5, 5.41) is 16.2. The topological polar surface area (TPSA) is 87.1 Å². The van der Waals surface area contributed by atoms with Crippen molar-refractivity contribution in [1.29, 1.82) is 0 Å². The zero-order valence-electron chi connectivity index (χ0n) is 20.3. The molecule has 1 aromatic heterocycles. The molecular formula is C30H30N4O2. The maximum atomic E-state index is 11.4. The molecule has 6 nitrogen and oxygen atoms in total. The summed E-state index contributed by atoms with van der Waals surface area (Å²) in [4.78, 5) is 20.9. The number of nitrogens with zero attached hydrogens (tertiary/aromatic N) is 2. The molecule has 1 aliphatic rings. The van der Waals surface area contributed by atoms with Gasteiger partial charge in [0.2, 0.25) is 5.95 Å². The Balaban J connectivity index is 1.41. The van der Waals surface area contributed by atoms with Crippen molar-refractivity contribution >= 4 is 23.4 Å². The number of carboxylic acid groups (broad SMARTS) is 1. The molecule has 36 heavy (non-hydrogen) atoms. The van der Waals surface area contributed by atoms with E-state index in [9.17, 15) is 9.90 Å². The fraction of sp³-hybridized carbons (Fsp3) is 0.233. The molecule has 0 saturated heterocycles. The molecule has 6 heteroatoms. The number of hydrogen-bond donors (Lipinski definition) is 3. The first-order valence-corrected chi connectivity index (χ1v) is 12.4. The molecule has 0 amide bonds. The largest absolute Gasteiger partial charge is 0.481 e. The average Bonchev–Trinajstić information content (AvgIpc) is 2.87. The second-order valence-corrected chi connectivity index (χ2v) is 9.51. The van der Waals surface area contributed by atoms with Crippen molar-refractivity contribution < 1.29 is 9.90 Å². The van der Waals surface area contributed by atoms with Crippen LogP contribution in [0.15, 0.2) is 91.0 Å². The maximum Gasteiger partial charge on any atom is 0.304 e. The van der Waals surface area contributed by atoms with Gasteiger partial charge in [-0.1, -0.05) is 79.2 Å². The molecule has 0 aliphatic heterocycles. The molecule has 1 heterocycles. The van der Waals surface area contributed by atoms with Crippen molar-refractivity contribution in [1.82, 2.24) is 9.97 Å². The van der Waals surface area contributed by atoms with Gasteiger partial charge in [0.05, 0.1) is 12.1 Å². The molecule has 1 atom stereocenters. The van der Waals surface area contributed by atoms with Crippen molar-refractivity contribution in [3.8, 4) is 11.3 Å². The van der Waals surface area contributed by atoms with Crippen LogP contribution < -0.4 is 10.6 Å². The van der Waals surface area contributed by atoms with Crippen LogP contribution in [0.2, 0.25) is 0 Å². The Bertz CT molecular complexity index is 1320. The molecular weight excluding hydrogens is 448 g/mol. The normalized spacial score (nSPS) is 14.9. The lowest BCUT2D eigenvalue weighted by Gasteiger charge is -2.41. The highest BCUT2D eigenvalue weighted by Crippen LogP contribution is 2.46. The minimum Gasteiger partial charge on any atom is -0.481 e. The summed E-state index contributed by atoms with van der Waals surface area (Å²) in [6, 6.07) is 30.4. The van der Waals surface area contributed by atoms with E-state index >= 15 is 0 Å². The third-order valence-corrected chi connectivity index (χ3v) is 7.01. The van der Waals surface area contributed by atoms with E-state index in [0.717, 1.165) is 47.6 Å². The first-order chi connectivity index (χ1) is 17.5. The third-order valence-electron chi connectivity index (χ3n) is 7.01. The predicted molar refractivity (Wildman–Crippen MR) is 143 cm³/mol. The molecule has 1 fully saturated rings. The van der Waals surface area contributed by atoms with Gasteiger partial charge in [-0.15, -0.1) is 0 Å². The summed E-state index contributed by atoms with van der Waals surface area (Å²) in [6.45, 7) is 2.11. The number of nitrogens with one attached hydrogen (secondary N) is 2. The molecule has 182 valence electrons. The van der Waals surface area contributed by atoms with Crippen molar-refractivity contribution in [2.75, 3.05) is 10.6 Å². The number of aliphatic carboxylic acids is 1. The first-order valence-electron chi connectivity index (χ1n) is 12.4. The molecule has 3 aromatic carbocycles. The van der Waals surface area contributed by atoms with Crippen LogP contribution in [0.3, 0.4) is 0 Å². The summed E-state index contributed by atoms with van der Waals surface area (Å²) in [5.74, 6) is 0.484. The summed E-state index contributed by atoms with van der Waals surface area (Å²) in [7, 11) is 0. The van der Waals surface area contributed by atoms with Gasteiger partial charge in [-0.3, -0.25) is 4.79 Å². The summed E-state index contributed by atoms with van der Waals surface area (Å²) >= 11 is 0. The molecule has 3 N–H and O–H groups in total.